The second kappa shape index (κ2) is 6.98. The van der Waals surface area contributed by atoms with E-state index in [0.29, 0.717) is 11.4 Å². The Labute approximate surface area is 212 Å². The fraction of sp³-hybridized carbons (Fsp3) is 0.308. The topological polar surface area (TPSA) is 74.8 Å². The van der Waals surface area contributed by atoms with Crippen LogP contribution in [0.5, 0.6) is 0 Å². The Morgan fingerprint density at radius 1 is 0.500 bits per heavy atom. The van der Waals surface area contributed by atoms with Crippen molar-refractivity contribution in [2.24, 2.45) is 47.3 Å². The fourth-order valence-electron chi connectivity index (χ4n) is 7.29. The van der Waals surface area contributed by atoms with Crippen molar-refractivity contribution in [1.29, 1.82) is 0 Å². The Kier molecular flexibility index (Phi) is 4.26. The predicted molar refractivity (Wildman–Crippen MR) is 130 cm³/mol. The van der Waals surface area contributed by atoms with Crippen molar-refractivity contribution >= 4 is 66.9 Å². The zero-order valence-electron chi connectivity index (χ0n) is 17.7. The largest absolute Gasteiger partial charge is 0.274 e. The Morgan fingerprint density at radius 3 is 1.18 bits per heavy atom. The van der Waals surface area contributed by atoms with Crippen LogP contribution in [-0.2, 0) is 19.2 Å². The quantitative estimate of drug-likeness (QED) is 0.394. The first-order valence-corrected chi connectivity index (χ1v) is 12.9. The van der Waals surface area contributed by atoms with Crippen molar-refractivity contribution in [2.75, 3.05) is 9.80 Å². The molecule has 6 aliphatic rings. The van der Waals surface area contributed by atoms with Gasteiger partial charge < -0.3 is 0 Å². The molecule has 2 aliphatic heterocycles. The number of benzene rings is 2. The smallest absolute Gasteiger partial charge is 0.238 e. The average Bonchev–Trinajstić information content (AvgIpc) is 3.19. The molecule has 2 aromatic carbocycles. The van der Waals surface area contributed by atoms with Gasteiger partial charge in [-0.1, -0.05) is 44.0 Å². The predicted octanol–water partition coefficient (Wildman–Crippen LogP) is 4.18. The number of amides is 4. The molecule has 4 aliphatic carbocycles. The molecule has 8 rings (SSSR count). The van der Waals surface area contributed by atoms with Crippen LogP contribution < -0.4 is 9.80 Å². The lowest BCUT2D eigenvalue weighted by atomic mass is 9.40. The maximum absolute atomic E-state index is 13.6. The van der Waals surface area contributed by atoms with Gasteiger partial charge in [0.15, 0.2) is 0 Å². The van der Waals surface area contributed by atoms with E-state index >= 15 is 0 Å². The van der Waals surface area contributed by atoms with Crippen molar-refractivity contribution in [2.45, 2.75) is 0 Å². The molecule has 6 nitrogen and oxygen atoms in total. The highest BCUT2D eigenvalue weighted by molar-refractivity contribution is 9.10. The maximum atomic E-state index is 13.6. The maximum Gasteiger partial charge on any atom is 0.238 e. The Morgan fingerprint density at radius 2 is 0.824 bits per heavy atom. The summed E-state index contributed by atoms with van der Waals surface area (Å²) in [6.07, 6.45) is 4.05. The third-order valence-electron chi connectivity index (χ3n) is 8.51. The van der Waals surface area contributed by atoms with E-state index in [1.54, 1.807) is 24.3 Å². The number of allylic oxidation sites excluding steroid dienone is 2. The number of carbonyl (C=O) groups excluding carboxylic acids is 4. The summed E-state index contributed by atoms with van der Waals surface area (Å²) in [5, 5.41) is 0. The summed E-state index contributed by atoms with van der Waals surface area (Å²) in [6.45, 7) is 0. The van der Waals surface area contributed by atoms with Crippen LogP contribution in [0.2, 0.25) is 0 Å². The highest BCUT2D eigenvalue weighted by atomic mass is 79.9. The number of nitrogens with zero attached hydrogens (tertiary/aromatic N) is 2. The molecule has 2 saturated heterocycles. The van der Waals surface area contributed by atoms with Gasteiger partial charge in [-0.2, -0.15) is 0 Å². The third-order valence-corrected chi connectivity index (χ3v) is 9.57. The lowest BCUT2D eigenvalue weighted by Gasteiger charge is -2.60. The van der Waals surface area contributed by atoms with Gasteiger partial charge in [0.25, 0.3) is 0 Å². The Hall–Kier alpha value is -2.58. The lowest BCUT2D eigenvalue weighted by molar-refractivity contribution is -0.166. The number of fused-ring (bicyclic) bond motifs is 1. The third kappa shape index (κ3) is 2.45. The van der Waals surface area contributed by atoms with Crippen LogP contribution in [0.4, 0.5) is 11.4 Å². The molecule has 34 heavy (non-hydrogen) atoms. The summed E-state index contributed by atoms with van der Waals surface area (Å²) < 4.78 is 1.74. The summed E-state index contributed by atoms with van der Waals surface area (Å²) in [5.74, 6) is -3.14. The molecule has 170 valence electrons. The van der Waals surface area contributed by atoms with Gasteiger partial charge >= 0.3 is 0 Å². The van der Waals surface area contributed by atoms with Crippen LogP contribution in [0.25, 0.3) is 0 Å². The number of carbonyl (C=O) groups is 4. The molecule has 2 bridgehead atoms. The van der Waals surface area contributed by atoms with Crippen molar-refractivity contribution < 1.29 is 19.2 Å². The Balaban J connectivity index is 1.25. The standard InChI is InChI=1S/C26H18Br2N2O4/c27-11-1-5-13(6-2-11)29-23(31)19-15-9-10-16(20(19)24(29)32)18-17(15)21-22(18)26(34)30(25(21)33)14-7-3-12(28)4-8-14/h1-10,15-22H/t15-,16-,17-,18-,19+,20+,21-,22-/m1/s1. The molecule has 2 saturated carbocycles. The van der Waals surface area contributed by atoms with E-state index in [1.807, 2.05) is 36.4 Å². The highest BCUT2D eigenvalue weighted by Gasteiger charge is 2.75. The van der Waals surface area contributed by atoms with Gasteiger partial charge in [0.2, 0.25) is 23.6 Å². The number of hydrogen-bond donors (Lipinski definition) is 0. The van der Waals surface area contributed by atoms with Gasteiger partial charge in [-0.3, -0.25) is 29.0 Å². The van der Waals surface area contributed by atoms with Gasteiger partial charge in [0.1, 0.15) is 0 Å². The van der Waals surface area contributed by atoms with E-state index in [1.165, 1.54) is 9.80 Å². The molecule has 4 amide bonds. The van der Waals surface area contributed by atoms with Crippen LogP contribution in [0.3, 0.4) is 0 Å². The van der Waals surface area contributed by atoms with E-state index in [2.05, 4.69) is 31.9 Å². The summed E-state index contributed by atoms with van der Waals surface area (Å²) in [6, 6.07) is 14.3. The van der Waals surface area contributed by atoms with Gasteiger partial charge in [-0.15, -0.1) is 0 Å². The number of hydrogen-bond acceptors (Lipinski definition) is 4. The molecule has 2 aromatic rings. The first-order valence-electron chi connectivity index (χ1n) is 11.3. The van der Waals surface area contributed by atoms with E-state index in [4.69, 9.17) is 0 Å². The number of anilines is 2. The average molecular weight is 582 g/mol. The molecule has 0 N–H and O–H groups in total. The molecular weight excluding hydrogens is 564 g/mol. The molecule has 0 radical (unpaired) electrons. The van der Waals surface area contributed by atoms with Gasteiger partial charge in [0, 0.05) is 8.95 Å². The van der Waals surface area contributed by atoms with Gasteiger partial charge in [-0.05, 0) is 72.2 Å². The summed E-state index contributed by atoms with van der Waals surface area (Å²) in [5.41, 5.74) is 1.13. The minimum absolute atomic E-state index is 0.0835. The molecule has 0 spiro atoms. The number of rotatable bonds is 2. The second-order valence-corrected chi connectivity index (χ2v) is 11.6. The second-order valence-electron chi connectivity index (χ2n) is 9.77. The summed E-state index contributed by atoms with van der Waals surface area (Å²) in [4.78, 5) is 56.6. The van der Waals surface area contributed by atoms with Crippen LogP contribution in [-0.4, -0.2) is 23.6 Å². The molecule has 8 atom stereocenters. The van der Waals surface area contributed by atoms with E-state index < -0.39 is 23.7 Å². The zero-order valence-corrected chi connectivity index (χ0v) is 20.8. The van der Waals surface area contributed by atoms with E-state index in [-0.39, 0.29) is 47.3 Å². The zero-order chi connectivity index (χ0) is 23.5. The first-order chi connectivity index (χ1) is 16.4. The minimum Gasteiger partial charge on any atom is -0.274 e. The fourth-order valence-corrected chi connectivity index (χ4v) is 7.82. The van der Waals surface area contributed by atoms with Gasteiger partial charge in [0.05, 0.1) is 35.0 Å². The number of imide groups is 2. The van der Waals surface area contributed by atoms with Crippen LogP contribution >= 0.6 is 31.9 Å². The van der Waals surface area contributed by atoms with Crippen molar-refractivity contribution in [3.63, 3.8) is 0 Å². The molecule has 8 heteroatoms. The van der Waals surface area contributed by atoms with Crippen LogP contribution in [0, 0.1) is 47.3 Å². The van der Waals surface area contributed by atoms with Gasteiger partial charge in [-0.25, -0.2) is 0 Å². The Bertz CT molecular complexity index is 1270. The highest BCUT2D eigenvalue weighted by Crippen LogP contribution is 2.68. The number of halogens is 2. The summed E-state index contributed by atoms with van der Waals surface area (Å²) >= 11 is 6.79. The van der Waals surface area contributed by atoms with Crippen molar-refractivity contribution in [3.8, 4) is 0 Å². The van der Waals surface area contributed by atoms with Crippen molar-refractivity contribution in [1.82, 2.24) is 0 Å². The van der Waals surface area contributed by atoms with E-state index in [9.17, 15) is 19.2 Å². The first kappa shape index (κ1) is 20.8. The normalized spacial score (nSPS) is 37.1. The molecular formula is C26H18Br2N2O4. The van der Waals surface area contributed by atoms with Crippen LogP contribution in [0.15, 0.2) is 69.6 Å². The van der Waals surface area contributed by atoms with Crippen LogP contribution in [0.1, 0.15) is 0 Å². The monoisotopic (exact) mass is 580 g/mol. The molecule has 2 heterocycles. The minimum atomic E-state index is -0.474. The lowest BCUT2D eigenvalue weighted by Crippen LogP contribution is -2.63. The SMILES string of the molecule is O=C1[C@H]2[C@@H]3C=C[C@@H]([C@@H]2C(=O)N1c1ccc(Br)cc1)[C@H]1[C@H]2C(=O)N(c4ccc(Br)cc4)C(=O)[C@@H]2[C@H]31. The summed E-state index contributed by atoms with van der Waals surface area (Å²) in [7, 11) is 0. The molecule has 4 fully saturated rings. The molecule has 0 unspecified atom stereocenters. The van der Waals surface area contributed by atoms with Crippen molar-refractivity contribution in [3.05, 3.63) is 69.6 Å². The van der Waals surface area contributed by atoms with E-state index in [0.717, 1.165) is 8.95 Å². The molecule has 0 aromatic heterocycles.